The fourth-order valence-corrected chi connectivity index (χ4v) is 5.76. The maximum Gasteiger partial charge on any atom is 0.242 e. The maximum absolute atomic E-state index is 13.4. The lowest BCUT2D eigenvalue weighted by atomic mass is 10.1. The summed E-state index contributed by atoms with van der Waals surface area (Å²) in [6.07, 6.45) is 5.67. The molecule has 4 rings (SSSR count). The fourth-order valence-electron chi connectivity index (χ4n) is 4.80. The summed E-state index contributed by atoms with van der Waals surface area (Å²) in [6, 6.07) is 14.0. The molecule has 1 aliphatic heterocycles. The second-order valence-electron chi connectivity index (χ2n) is 9.65. The molecular weight excluding hydrogens is 494 g/mol. The molecule has 0 bridgehead atoms. The summed E-state index contributed by atoms with van der Waals surface area (Å²) in [4.78, 5) is 28.0. The molecule has 37 heavy (non-hydrogen) atoms. The normalized spacial score (nSPS) is 15.8. The Kier molecular flexibility index (Phi) is 8.58. The molecule has 1 unspecified atom stereocenters. The van der Waals surface area contributed by atoms with Crippen LogP contribution in [0.15, 0.2) is 48.5 Å². The van der Waals surface area contributed by atoms with E-state index >= 15 is 0 Å². The summed E-state index contributed by atoms with van der Waals surface area (Å²) in [5, 5.41) is 3.09. The first-order valence-electron chi connectivity index (χ1n) is 12.7. The van der Waals surface area contributed by atoms with Crippen LogP contribution in [0, 0.1) is 0 Å². The molecule has 1 saturated carbocycles. The van der Waals surface area contributed by atoms with E-state index in [1.54, 1.807) is 30.0 Å². The molecule has 2 aromatic rings. The summed E-state index contributed by atoms with van der Waals surface area (Å²) < 4.78 is 37.1. The van der Waals surface area contributed by atoms with Crippen LogP contribution in [0.3, 0.4) is 0 Å². The molecule has 9 nitrogen and oxygen atoms in total. The molecule has 2 aromatic carbocycles. The SMILES string of the molecule is CC(C(=O)NC1CCCC1)N(Cc1ccccc1)C(=O)CCCN(c1ccc2c(c1)OCO2)S(C)(=O)=O. The summed E-state index contributed by atoms with van der Waals surface area (Å²) in [6.45, 7) is 2.26. The Bertz CT molecular complexity index is 1200. The zero-order valence-corrected chi connectivity index (χ0v) is 22.2. The van der Waals surface area contributed by atoms with Crippen molar-refractivity contribution < 1.29 is 27.5 Å². The smallest absolute Gasteiger partial charge is 0.242 e. The number of amides is 2. The predicted molar refractivity (Wildman–Crippen MR) is 141 cm³/mol. The minimum absolute atomic E-state index is 0.0932. The van der Waals surface area contributed by atoms with Gasteiger partial charge in [0.2, 0.25) is 28.6 Å². The lowest BCUT2D eigenvalue weighted by molar-refractivity contribution is -0.141. The van der Waals surface area contributed by atoms with Gasteiger partial charge in [-0.25, -0.2) is 8.42 Å². The molecule has 1 aliphatic carbocycles. The Morgan fingerprint density at radius 3 is 2.46 bits per heavy atom. The fraction of sp³-hybridized carbons (Fsp3) is 0.481. The van der Waals surface area contributed by atoms with Gasteiger partial charge in [0.1, 0.15) is 6.04 Å². The number of hydrogen-bond acceptors (Lipinski definition) is 6. The zero-order chi connectivity index (χ0) is 26.4. The molecule has 10 heteroatoms. The van der Waals surface area contributed by atoms with E-state index in [-0.39, 0.29) is 37.6 Å². The topological polar surface area (TPSA) is 105 Å². The standard InChI is InChI=1S/C27H35N3O6S/c1-20(27(32)28-22-11-6-7-12-22)29(18-21-9-4-3-5-10-21)26(31)13-8-16-30(37(2,33)34)23-14-15-24-25(17-23)36-19-35-24/h3-5,9-10,14-15,17,20,22H,6-8,11-13,16,18-19H2,1-2H3,(H,28,32). The van der Waals surface area contributed by atoms with Crippen molar-refractivity contribution in [3.8, 4) is 11.5 Å². The van der Waals surface area contributed by atoms with E-state index < -0.39 is 16.1 Å². The number of sulfonamides is 1. The third kappa shape index (κ3) is 6.94. The maximum atomic E-state index is 13.4. The van der Waals surface area contributed by atoms with Gasteiger partial charge in [0, 0.05) is 31.6 Å². The molecule has 1 atom stereocenters. The molecular formula is C27H35N3O6S. The van der Waals surface area contributed by atoms with Crippen LogP contribution >= 0.6 is 0 Å². The number of nitrogens with one attached hydrogen (secondary N) is 1. The van der Waals surface area contributed by atoms with E-state index in [1.807, 2.05) is 30.3 Å². The monoisotopic (exact) mass is 529 g/mol. The summed E-state index contributed by atoms with van der Waals surface area (Å²) >= 11 is 0. The highest BCUT2D eigenvalue weighted by Crippen LogP contribution is 2.36. The van der Waals surface area contributed by atoms with E-state index in [4.69, 9.17) is 9.47 Å². The Morgan fingerprint density at radius 2 is 1.76 bits per heavy atom. The summed E-state index contributed by atoms with van der Waals surface area (Å²) in [7, 11) is -3.60. The van der Waals surface area contributed by atoms with Crippen molar-refractivity contribution in [2.24, 2.45) is 0 Å². The van der Waals surface area contributed by atoms with Gasteiger partial charge in [-0.05, 0) is 43.9 Å². The van der Waals surface area contributed by atoms with Crippen LogP contribution in [0.4, 0.5) is 5.69 Å². The minimum Gasteiger partial charge on any atom is -0.454 e. The van der Waals surface area contributed by atoms with Crippen molar-refractivity contribution in [3.05, 3.63) is 54.1 Å². The summed E-state index contributed by atoms with van der Waals surface area (Å²) in [5.74, 6) is 0.693. The van der Waals surface area contributed by atoms with E-state index in [9.17, 15) is 18.0 Å². The van der Waals surface area contributed by atoms with Crippen molar-refractivity contribution in [1.29, 1.82) is 0 Å². The van der Waals surface area contributed by atoms with Crippen molar-refractivity contribution in [2.75, 3.05) is 23.9 Å². The van der Waals surface area contributed by atoms with Crippen LogP contribution in [0.25, 0.3) is 0 Å². The number of carbonyl (C=O) groups is 2. The van der Waals surface area contributed by atoms with Crippen LogP contribution in [-0.4, -0.2) is 56.8 Å². The van der Waals surface area contributed by atoms with Gasteiger partial charge in [-0.15, -0.1) is 0 Å². The number of hydrogen-bond donors (Lipinski definition) is 1. The third-order valence-corrected chi connectivity index (χ3v) is 8.05. The first-order chi connectivity index (χ1) is 17.7. The van der Waals surface area contributed by atoms with Gasteiger partial charge in [-0.3, -0.25) is 13.9 Å². The van der Waals surface area contributed by atoms with Crippen molar-refractivity contribution in [3.63, 3.8) is 0 Å². The number of nitrogens with zero attached hydrogens (tertiary/aromatic N) is 2. The highest BCUT2D eigenvalue weighted by Gasteiger charge is 2.29. The van der Waals surface area contributed by atoms with Gasteiger partial charge >= 0.3 is 0 Å². The Hall–Kier alpha value is -3.27. The van der Waals surface area contributed by atoms with Gasteiger partial charge in [0.15, 0.2) is 11.5 Å². The minimum atomic E-state index is -3.60. The van der Waals surface area contributed by atoms with Crippen LogP contribution in [-0.2, 0) is 26.2 Å². The van der Waals surface area contributed by atoms with Gasteiger partial charge < -0.3 is 19.7 Å². The van der Waals surface area contributed by atoms with Crippen LogP contribution in [0.5, 0.6) is 11.5 Å². The molecule has 2 amide bonds. The van der Waals surface area contributed by atoms with E-state index in [2.05, 4.69) is 5.32 Å². The first-order valence-corrected chi connectivity index (χ1v) is 14.6. The number of carbonyl (C=O) groups excluding carboxylic acids is 2. The van der Waals surface area contributed by atoms with Gasteiger partial charge in [0.05, 0.1) is 11.9 Å². The van der Waals surface area contributed by atoms with E-state index in [1.165, 1.54) is 4.31 Å². The molecule has 200 valence electrons. The number of benzene rings is 2. The van der Waals surface area contributed by atoms with E-state index in [0.29, 0.717) is 30.2 Å². The molecule has 0 aromatic heterocycles. The Balaban J connectivity index is 1.43. The van der Waals surface area contributed by atoms with Crippen LogP contribution in [0.2, 0.25) is 0 Å². The molecule has 1 fully saturated rings. The lowest BCUT2D eigenvalue weighted by Crippen LogP contribution is -2.49. The highest BCUT2D eigenvalue weighted by atomic mass is 32.2. The molecule has 1 N–H and O–H groups in total. The highest BCUT2D eigenvalue weighted by molar-refractivity contribution is 7.92. The predicted octanol–water partition coefficient (Wildman–Crippen LogP) is 3.44. The quantitative estimate of drug-likeness (QED) is 0.478. The van der Waals surface area contributed by atoms with Gasteiger partial charge in [-0.1, -0.05) is 43.2 Å². The number of anilines is 1. The number of ether oxygens (including phenoxy) is 2. The second-order valence-corrected chi connectivity index (χ2v) is 11.6. The molecule has 0 radical (unpaired) electrons. The second kappa shape index (κ2) is 11.9. The number of rotatable bonds is 11. The Labute approximate surface area is 218 Å². The molecule has 2 aliphatic rings. The molecule has 1 heterocycles. The molecule has 0 spiro atoms. The number of fused-ring (bicyclic) bond motifs is 1. The molecule has 0 saturated heterocycles. The van der Waals surface area contributed by atoms with Crippen molar-refractivity contribution in [2.45, 2.75) is 64.1 Å². The van der Waals surface area contributed by atoms with Crippen LogP contribution in [0.1, 0.15) is 51.0 Å². The first kappa shape index (κ1) is 26.8. The van der Waals surface area contributed by atoms with E-state index in [0.717, 1.165) is 37.5 Å². The van der Waals surface area contributed by atoms with Gasteiger partial charge in [-0.2, -0.15) is 0 Å². The largest absolute Gasteiger partial charge is 0.454 e. The zero-order valence-electron chi connectivity index (χ0n) is 21.4. The van der Waals surface area contributed by atoms with Crippen molar-refractivity contribution in [1.82, 2.24) is 10.2 Å². The Morgan fingerprint density at radius 1 is 1.05 bits per heavy atom. The van der Waals surface area contributed by atoms with Gasteiger partial charge in [0.25, 0.3) is 0 Å². The summed E-state index contributed by atoms with van der Waals surface area (Å²) in [5.41, 5.74) is 1.37. The van der Waals surface area contributed by atoms with Crippen molar-refractivity contribution >= 4 is 27.5 Å². The lowest BCUT2D eigenvalue weighted by Gasteiger charge is -2.30. The third-order valence-electron chi connectivity index (χ3n) is 6.86. The van der Waals surface area contributed by atoms with Crippen LogP contribution < -0.4 is 19.1 Å². The average molecular weight is 530 g/mol. The average Bonchev–Trinajstić information content (AvgIpc) is 3.56.